The van der Waals surface area contributed by atoms with Gasteiger partial charge in [0.1, 0.15) is 4.88 Å². The van der Waals surface area contributed by atoms with Gasteiger partial charge in [-0.3, -0.25) is 18.9 Å². The normalized spacial score (nSPS) is 15.4. The number of hydrogen-bond acceptors (Lipinski definition) is 6. The van der Waals surface area contributed by atoms with E-state index < -0.39 is 0 Å². The maximum Gasteiger partial charge on any atom is 0.261 e. The number of imidazole rings is 1. The second-order valence-electron chi connectivity index (χ2n) is 7.17. The molecule has 1 saturated heterocycles. The second kappa shape index (κ2) is 7.98. The minimum atomic E-state index is -0.224. The first kappa shape index (κ1) is 19.0. The minimum absolute atomic E-state index is 0.217. The number of benzene rings is 1. The highest BCUT2D eigenvalue weighted by Gasteiger charge is 2.15. The fraction of sp³-hybridized carbons (Fsp3) is 0.450. The van der Waals surface area contributed by atoms with Crippen molar-refractivity contribution in [1.82, 2.24) is 19.6 Å². The van der Waals surface area contributed by atoms with E-state index in [1.165, 1.54) is 17.4 Å². The number of carbonyl (C=O) groups is 1. The molecule has 8 heteroatoms. The van der Waals surface area contributed by atoms with E-state index in [2.05, 4.69) is 15.2 Å². The Morgan fingerprint density at radius 1 is 1.21 bits per heavy atom. The van der Waals surface area contributed by atoms with Gasteiger partial charge in [-0.05, 0) is 50.1 Å². The lowest BCUT2D eigenvalue weighted by atomic mass is 10.1. The third-order valence-corrected chi connectivity index (χ3v) is 6.16. The van der Waals surface area contributed by atoms with Gasteiger partial charge in [-0.1, -0.05) is 11.3 Å². The molecule has 3 aromatic rings. The Morgan fingerprint density at radius 3 is 2.75 bits per heavy atom. The number of carbonyl (C=O) groups excluding carboxylic acids is 1. The number of ether oxygens (including phenoxy) is 1. The monoisotopic (exact) mass is 400 g/mol. The summed E-state index contributed by atoms with van der Waals surface area (Å²) in [5.41, 5.74) is 3.58. The smallest absolute Gasteiger partial charge is 0.261 e. The van der Waals surface area contributed by atoms with Crippen molar-refractivity contribution in [3.05, 3.63) is 44.6 Å². The van der Waals surface area contributed by atoms with Crippen LogP contribution in [-0.4, -0.2) is 59.6 Å². The molecule has 0 saturated carbocycles. The summed E-state index contributed by atoms with van der Waals surface area (Å²) in [4.78, 5) is 33.0. The van der Waals surface area contributed by atoms with Gasteiger partial charge >= 0.3 is 0 Å². The number of rotatable bonds is 5. The Morgan fingerprint density at radius 2 is 1.96 bits per heavy atom. The van der Waals surface area contributed by atoms with Crippen LogP contribution in [0.1, 0.15) is 27.2 Å². The highest BCUT2D eigenvalue weighted by molar-refractivity contribution is 7.18. The highest BCUT2D eigenvalue weighted by atomic mass is 32.1. The van der Waals surface area contributed by atoms with Crippen molar-refractivity contribution in [3.8, 4) is 0 Å². The first-order valence-corrected chi connectivity index (χ1v) is 10.4. The van der Waals surface area contributed by atoms with E-state index in [0.29, 0.717) is 16.4 Å². The predicted molar refractivity (Wildman–Crippen MR) is 111 cm³/mol. The summed E-state index contributed by atoms with van der Waals surface area (Å²) in [5, 5.41) is 2.92. The zero-order chi connectivity index (χ0) is 19.7. The molecular formula is C20H24N4O3S. The molecule has 0 atom stereocenters. The molecule has 1 aliphatic heterocycles. The second-order valence-corrected chi connectivity index (χ2v) is 8.18. The molecule has 0 aliphatic carbocycles. The summed E-state index contributed by atoms with van der Waals surface area (Å²) in [6.07, 6.45) is 0.870. The lowest BCUT2D eigenvalue weighted by molar-refractivity contribution is 0.0374. The molecule has 28 heavy (non-hydrogen) atoms. The minimum Gasteiger partial charge on any atom is -0.379 e. The van der Waals surface area contributed by atoms with Crippen molar-refractivity contribution in [2.45, 2.75) is 20.3 Å². The van der Waals surface area contributed by atoms with Gasteiger partial charge in [0.2, 0.25) is 0 Å². The SMILES string of the molecule is Cc1cc2nc3sc(C(=O)NCCCN4CCOCC4)cc(=O)n3c2cc1C. The number of fused-ring (bicyclic) bond motifs is 3. The summed E-state index contributed by atoms with van der Waals surface area (Å²) in [5.74, 6) is -0.217. The van der Waals surface area contributed by atoms with E-state index in [-0.39, 0.29) is 11.5 Å². The molecule has 0 unspecified atom stereocenters. The molecule has 7 nitrogen and oxygen atoms in total. The van der Waals surface area contributed by atoms with Crippen molar-refractivity contribution in [2.24, 2.45) is 0 Å². The van der Waals surface area contributed by atoms with Gasteiger partial charge in [-0.25, -0.2) is 4.98 Å². The molecule has 1 fully saturated rings. The van der Waals surface area contributed by atoms with Gasteiger partial charge < -0.3 is 10.1 Å². The van der Waals surface area contributed by atoms with E-state index in [9.17, 15) is 9.59 Å². The predicted octanol–water partition coefficient (Wildman–Crippen LogP) is 1.98. The van der Waals surface area contributed by atoms with Crippen LogP contribution in [0.2, 0.25) is 0 Å². The molecule has 1 aromatic carbocycles. The molecule has 0 radical (unpaired) electrons. The van der Waals surface area contributed by atoms with Crippen LogP contribution < -0.4 is 10.9 Å². The average Bonchev–Trinajstić information content (AvgIpc) is 3.04. The van der Waals surface area contributed by atoms with Crippen LogP contribution >= 0.6 is 11.3 Å². The van der Waals surface area contributed by atoms with Gasteiger partial charge in [-0.15, -0.1) is 0 Å². The van der Waals surface area contributed by atoms with Gasteiger partial charge in [-0.2, -0.15) is 0 Å². The lowest BCUT2D eigenvalue weighted by Crippen LogP contribution is -2.38. The topological polar surface area (TPSA) is 75.9 Å². The number of morpholine rings is 1. The Kier molecular flexibility index (Phi) is 5.43. The molecule has 4 rings (SSSR count). The molecule has 1 amide bonds. The molecule has 2 aromatic heterocycles. The zero-order valence-corrected chi connectivity index (χ0v) is 17.0. The highest BCUT2D eigenvalue weighted by Crippen LogP contribution is 2.22. The summed E-state index contributed by atoms with van der Waals surface area (Å²) in [6.45, 7) is 8.99. The van der Waals surface area contributed by atoms with Gasteiger partial charge in [0.05, 0.1) is 24.2 Å². The largest absolute Gasteiger partial charge is 0.379 e. The van der Waals surface area contributed by atoms with E-state index in [4.69, 9.17) is 4.74 Å². The van der Waals surface area contributed by atoms with Gasteiger partial charge in [0.25, 0.3) is 11.5 Å². The van der Waals surface area contributed by atoms with E-state index in [0.717, 1.165) is 61.4 Å². The Balaban J connectivity index is 1.48. The van der Waals surface area contributed by atoms with Crippen molar-refractivity contribution >= 4 is 33.2 Å². The van der Waals surface area contributed by atoms with Crippen LogP contribution in [-0.2, 0) is 4.74 Å². The van der Waals surface area contributed by atoms with Crippen LogP contribution in [0.15, 0.2) is 23.0 Å². The molecule has 0 bridgehead atoms. The Labute approximate surface area is 166 Å². The Bertz CT molecular complexity index is 1080. The van der Waals surface area contributed by atoms with Gasteiger partial charge in [0.15, 0.2) is 4.96 Å². The van der Waals surface area contributed by atoms with E-state index in [1.54, 1.807) is 4.40 Å². The summed E-state index contributed by atoms with van der Waals surface area (Å²) in [6, 6.07) is 5.37. The van der Waals surface area contributed by atoms with Crippen LogP contribution in [0.3, 0.4) is 0 Å². The van der Waals surface area contributed by atoms with Crippen LogP contribution in [0, 0.1) is 13.8 Å². The van der Waals surface area contributed by atoms with Crippen LogP contribution in [0.5, 0.6) is 0 Å². The maximum absolute atomic E-state index is 12.6. The molecule has 3 heterocycles. The van der Waals surface area contributed by atoms with E-state index >= 15 is 0 Å². The average molecular weight is 401 g/mol. The maximum atomic E-state index is 12.6. The van der Waals surface area contributed by atoms with E-state index in [1.807, 2.05) is 26.0 Å². The zero-order valence-electron chi connectivity index (χ0n) is 16.2. The van der Waals surface area contributed by atoms with Crippen molar-refractivity contribution in [2.75, 3.05) is 39.4 Å². The van der Waals surface area contributed by atoms with Gasteiger partial charge in [0, 0.05) is 25.7 Å². The number of aromatic nitrogens is 2. The summed E-state index contributed by atoms with van der Waals surface area (Å²) >= 11 is 1.25. The number of aryl methyl sites for hydroxylation is 2. The molecular weight excluding hydrogens is 376 g/mol. The summed E-state index contributed by atoms with van der Waals surface area (Å²) in [7, 11) is 0. The molecule has 1 N–H and O–H groups in total. The quantitative estimate of drug-likeness (QED) is 0.663. The standard InChI is InChI=1S/C20H24N4O3S/c1-13-10-15-16(11-14(13)2)24-18(25)12-17(28-20(24)22-15)19(26)21-4-3-5-23-6-8-27-9-7-23/h10-12H,3-9H2,1-2H3,(H,21,26). The fourth-order valence-electron chi connectivity index (χ4n) is 3.42. The van der Waals surface area contributed by atoms with Crippen molar-refractivity contribution < 1.29 is 9.53 Å². The number of amides is 1. The summed E-state index contributed by atoms with van der Waals surface area (Å²) < 4.78 is 6.92. The molecule has 0 spiro atoms. The Hall–Kier alpha value is -2.29. The first-order chi connectivity index (χ1) is 13.5. The lowest BCUT2D eigenvalue weighted by Gasteiger charge is -2.26. The van der Waals surface area contributed by atoms with Crippen molar-refractivity contribution in [3.63, 3.8) is 0 Å². The van der Waals surface area contributed by atoms with Crippen molar-refractivity contribution in [1.29, 1.82) is 0 Å². The molecule has 1 aliphatic rings. The number of hydrogen-bond donors (Lipinski definition) is 1. The number of nitrogens with zero attached hydrogens (tertiary/aromatic N) is 3. The first-order valence-electron chi connectivity index (χ1n) is 9.55. The fourth-order valence-corrected chi connectivity index (χ4v) is 4.37. The third-order valence-electron chi connectivity index (χ3n) is 5.18. The van der Waals surface area contributed by atoms with Crippen LogP contribution in [0.25, 0.3) is 16.0 Å². The number of nitrogens with one attached hydrogen (secondary N) is 1. The molecule has 148 valence electrons. The van der Waals surface area contributed by atoms with Crippen LogP contribution in [0.4, 0.5) is 0 Å². The third kappa shape index (κ3) is 3.80.